The predicted molar refractivity (Wildman–Crippen MR) is 76.3 cm³/mol. The smallest absolute Gasteiger partial charge is 0.264 e. The summed E-state index contributed by atoms with van der Waals surface area (Å²) in [5.41, 5.74) is 0. The third-order valence-corrected chi connectivity index (χ3v) is 6.05. The first-order chi connectivity index (χ1) is 9.66. The van der Waals surface area contributed by atoms with Gasteiger partial charge in [-0.2, -0.15) is 16.8 Å². The van der Waals surface area contributed by atoms with Gasteiger partial charge in [0.1, 0.15) is 0 Å². The highest BCUT2D eigenvalue weighted by Gasteiger charge is 2.59. The number of rotatable bonds is 6. The van der Waals surface area contributed by atoms with Gasteiger partial charge in [-0.25, -0.2) is 0 Å². The third-order valence-electron chi connectivity index (χ3n) is 4.92. The van der Waals surface area contributed by atoms with Gasteiger partial charge in [0.05, 0.1) is 25.7 Å². The van der Waals surface area contributed by atoms with Crippen LogP contribution in [-0.2, 0) is 28.6 Å². The summed E-state index contributed by atoms with van der Waals surface area (Å²) in [5, 5.41) is 0. The predicted octanol–water partition coefficient (Wildman–Crippen LogP) is 0.623. The molecule has 0 amide bonds. The fraction of sp³-hybridized carbons (Fsp3) is 0.846. The Hall–Kier alpha value is -0.440. The van der Waals surface area contributed by atoms with Gasteiger partial charge in [-0.1, -0.05) is 12.2 Å². The zero-order valence-corrected chi connectivity index (χ0v) is 13.6. The molecular weight excluding hydrogens is 316 g/mol. The maximum Gasteiger partial charge on any atom is 0.264 e. The lowest BCUT2D eigenvalue weighted by Gasteiger charge is -2.44. The molecule has 0 aromatic carbocycles. The molecule has 6 atom stereocenters. The van der Waals surface area contributed by atoms with Crippen LogP contribution in [-0.4, -0.2) is 42.6 Å². The van der Waals surface area contributed by atoms with Crippen LogP contribution in [0.4, 0.5) is 0 Å². The Kier molecular flexibility index (Phi) is 3.71. The van der Waals surface area contributed by atoms with Gasteiger partial charge in [0, 0.05) is 0 Å². The molecule has 120 valence electrons. The first kappa shape index (κ1) is 15.5. The first-order valence-corrected chi connectivity index (χ1v) is 10.7. The van der Waals surface area contributed by atoms with E-state index in [0.717, 1.165) is 18.9 Å². The molecule has 2 bridgehead atoms. The largest absolute Gasteiger partial charge is 0.270 e. The highest BCUT2D eigenvalue weighted by molar-refractivity contribution is 7.86. The van der Waals surface area contributed by atoms with E-state index in [2.05, 4.69) is 12.2 Å². The van der Waals surface area contributed by atoms with Crippen molar-refractivity contribution >= 4 is 20.2 Å². The van der Waals surface area contributed by atoms with E-state index in [9.17, 15) is 16.8 Å². The van der Waals surface area contributed by atoms with Crippen LogP contribution in [0.1, 0.15) is 6.42 Å². The van der Waals surface area contributed by atoms with Crippen LogP contribution in [0, 0.1) is 35.5 Å². The zero-order chi connectivity index (χ0) is 15.4. The maximum atomic E-state index is 11.2. The van der Waals surface area contributed by atoms with Gasteiger partial charge in [-0.15, -0.1) is 0 Å². The molecule has 4 aliphatic rings. The molecule has 0 aromatic rings. The van der Waals surface area contributed by atoms with Crippen molar-refractivity contribution < 1.29 is 25.2 Å². The van der Waals surface area contributed by atoms with Crippen molar-refractivity contribution in [1.82, 2.24) is 0 Å². The fourth-order valence-corrected chi connectivity index (χ4v) is 4.84. The van der Waals surface area contributed by atoms with E-state index >= 15 is 0 Å². The lowest BCUT2D eigenvalue weighted by Crippen LogP contribution is -2.43. The summed E-state index contributed by atoms with van der Waals surface area (Å²) in [7, 11) is -6.99. The Bertz CT molecular complexity index is 594. The SMILES string of the molecule is CS(=O)(=O)OCC1C2C=CC(C1COS(C)(=O)=O)C1CC21. The molecule has 6 unspecified atom stereocenters. The Morgan fingerprint density at radius 1 is 0.857 bits per heavy atom. The normalized spacial score (nSPS) is 41.0. The second-order valence-corrected chi connectivity index (χ2v) is 9.70. The Balaban J connectivity index is 1.75. The van der Waals surface area contributed by atoms with Crippen LogP contribution in [0.2, 0.25) is 0 Å². The van der Waals surface area contributed by atoms with E-state index in [1.54, 1.807) is 0 Å². The van der Waals surface area contributed by atoms with Crippen LogP contribution >= 0.6 is 0 Å². The number of hydrogen-bond acceptors (Lipinski definition) is 6. The zero-order valence-electron chi connectivity index (χ0n) is 12.0. The van der Waals surface area contributed by atoms with Gasteiger partial charge in [0.2, 0.25) is 0 Å². The van der Waals surface area contributed by atoms with E-state index in [-0.39, 0.29) is 36.9 Å². The van der Waals surface area contributed by atoms with Gasteiger partial charge in [-0.05, 0) is 41.9 Å². The minimum Gasteiger partial charge on any atom is -0.270 e. The van der Waals surface area contributed by atoms with Gasteiger partial charge in [0.15, 0.2) is 0 Å². The minimum absolute atomic E-state index is 0.000208. The van der Waals surface area contributed by atoms with E-state index in [1.165, 1.54) is 0 Å². The standard InChI is InChI=1S/C13H20O6S2/c1-20(14,15)18-6-12-8-3-4-9(11-5-10(8)11)13(12)7-19-21(2,16)17/h3-4,8-13H,5-7H2,1-2H3. The van der Waals surface area contributed by atoms with Gasteiger partial charge >= 0.3 is 0 Å². The summed E-state index contributed by atoms with van der Waals surface area (Å²) in [5.74, 6) is 1.75. The number of hydrogen-bond donors (Lipinski definition) is 0. The summed E-state index contributed by atoms with van der Waals surface area (Å²) >= 11 is 0. The van der Waals surface area contributed by atoms with Crippen molar-refractivity contribution in [3.63, 3.8) is 0 Å². The lowest BCUT2D eigenvalue weighted by atomic mass is 9.63. The van der Waals surface area contributed by atoms with Crippen molar-refractivity contribution in [2.24, 2.45) is 35.5 Å². The van der Waals surface area contributed by atoms with Gasteiger partial charge < -0.3 is 0 Å². The fourth-order valence-electron chi connectivity index (χ4n) is 4.03. The first-order valence-electron chi connectivity index (χ1n) is 7.03. The molecule has 0 aromatic heterocycles. The van der Waals surface area contributed by atoms with Gasteiger partial charge in [-0.3, -0.25) is 8.37 Å². The number of fused-ring (bicyclic) bond motifs is 1. The van der Waals surface area contributed by atoms with E-state index in [0.29, 0.717) is 11.8 Å². The van der Waals surface area contributed by atoms with Crippen LogP contribution in [0.25, 0.3) is 0 Å². The van der Waals surface area contributed by atoms with Crippen LogP contribution in [0.15, 0.2) is 12.2 Å². The second-order valence-electron chi connectivity index (χ2n) is 6.41. The molecular formula is C13H20O6S2. The molecule has 0 radical (unpaired) electrons. The van der Waals surface area contributed by atoms with Crippen LogP contribution < -0.4 is 0 Å². The molecule has 0 heterocycles. The van der Waals surface area contributed by atoms with Crippen LogP contribution in [0.3, 0.4) is 0 Å². The summed E-state index contributed by atoms with van der Waals surface area (Å²) < 4.78 is 54.9. The molecule has 2 saturated carbocycles. The highest BCUT2D eigenvalue weighted by Crippen LogP contribution is 2.63. The maximum absolute atomic E-state index is 11.2. The average molecular weight is 336 g/mol. The molecule has 0 saturated heterocycles. The van der Waals surface area contributed by atoms with E-state index < -0.39 is 20.2 Å². The van der Waals surface area contributed by atoms with Crippen LogP contribution in [0.5, 0.6) is 0 Å². The van der Waals surface area contributed by atoms with E-state index in [4.69, 9.17) is 8.37 Å². The molecule has 4 aliphatic carbocycles. The average Bonchev–Trinajstić information content (AvgIpc) is 3.13. The van der Waals surface area contributed by atoms with Crippen molar-refractivity contribution in [3.05, 3.63) is 12.2 Å². The Morgan fingerprint density at radius 3 is 1.57 bits per heavy atom. The molecule has 21 heavy (non-hydrogen) atoms. The van der Waals surface area contributed by atoms with Crippen molar-refractivity contribution in [1.29, 1.82) is 0 Å². The van der Waals surface area contributed by atoms with Crippen molar-refractivity contribution in [3.8, 4) is 0 Å². The van der Waals surface area contributed by atoms with Gasteiger partial charge in [0.25, 0.3) is 20.2 Å². The van der Waals surface area contributed by atoms with Crippen molar-refractivity contribution in [2.45, 2.75) is 6.42 Å². The third kappa shape index (κ3) is 3.33. The topological polar surface area (TPSA) is 86.7 Å². The minimum atomic E-state index is -3.49. The Labute approximate surface area is 125 Å². The quantitative estimate of drug-likeness (QED) is 0.522. The molecule has 0 N–H and O–H groups in total. The van der Waals surface area contributed by atoms with Crippen molar-refractivity contribution in [2.75, 3.05) is 25.7 Å². The molecule has 8 heteroatoms. The summed E-state index contributed by atoms with van der Waals surface area (Å²) in [6, 6.07) is 0. The lowest BCUT2D eigenvalue weighted by molar-refractivity contribution is 0.0379. The number of allylic oxidation sites excluding steroid dienone is 2. The van der Waals surface area contributed by atoms with E-state index in [1.807, 2.05) is 0 Å². The molecule has 4 rings (SSSR count). The molecule has 0 spiro atoms. The molecule has 0 aliphatic heterocycles. The monoisotopic (exact) mass is 336 g/mol. The summed E-state index contributed by atoms with van der Waals surface area (Å²) in [6.45, 7) is 0.205. The summed E-state index contributed by atoms with van der Waals surface area (Å²) in [6.07, 6.45) is 7.49. The Morgan fingerprint density at radius 2 is 1.24 bits per heavy atom. The second kappa shape index (κ2) is 5.04. The highest BCUT2D eigenvalue weighted by atomic mass is 32.2. The summed E-state index contributed by atoms with van der Waals surface area (Å²) in [4.78, 5) is 0. The molecule has 2 fully saturated rings. The molecule has 6 nitrogen and oxygen atoms in total.